The van der Waals surface area contributed by atoms with Crippen molar-refractivity contribution in [1.29, 1.82) is 0 Å². The molecule has 4 aromatic heterocycles. The van der Waals surface area contributed by atoms with Gasteiger partial charge in [0.1, 0.15) is 5.82 Å². The minimum Gasteiger partial charge on any atom is -0.378 e. The van der Waals surface area contributed by atoms with E-state index in [2.05, 4.69) is 35.7 Å². The lowest BCUT2D eigenvalue weighted by molar-refractivity contribution is 0.122. The van der Waals surface area contributed by atoms with E-state index in [1.165, 1.54) is 0 Å². The number of rotatable bonds is 5. The van der Waals surface area contributed by atoms with Gasteiger partial charge in [-0.15, -0.1) is 0 Å². The monoisotopic (exact) mass is 481 g/mol. The van der Waals surface area contributed by atoms with Crippen LogP contribution < -0.4 is 15.5 Å². The largest absolute Gasteiger partial charge is 0.378 e. The van der Waals surface area contributed by atoms with Crippen molar-refractivity contribution < 1.29 is 9.53 Å². The van der Waals surface area contributed by atoms with Gasteiger partial charge in [0, 0.05) is 60.8 Å². The van der Waals surface area contributed by atoms with Crippen LogP contribution in [0.15, 0.2) is 73.3 Å². The zero-order valence-corrected chi connectivity index (χ0v) is 19.3. The van der Waals surface area contributed by atoms with Gasteiger partial charge in [0.25, 0.3) is 0 Å². The molecule has 1 saturated heterocycles. The minimum absolute atomic E-state index is 0.386. The highest BCUT2D eigenvalue weighted by atomic mass is 16.5. The molecule has 1 aliphatic rings. The molecule has 36 heavy (non-hydrogen) atoms. The van der Waals surface area contributed by atoms with Gasteiger partial charge >= 0.3 is 6.03 Å². The third kappa shape index (κ3) is 4.46. The number of morpholine rings is 1. The summed E-state index contributed by atoms with van der Waals surface area (Å²) in [6.07, 6.45) is 7.17. The Kier molecular flexibility index (Phi) is 5.72. The molecule has 5 aromatic rings. The maximum atomic E-state index is 12.5. The maximum Gasteiger partial charge on any atom is 0.324 e. The average molecular weight is 482 g/mol. The molecule has 11 heteroatoms. The van der Waals surface area contributed by atoms with E-state index in [0.29, 0.717) is 30.5 Å². The number of carbonyl (C=O) groups is 1. The lowest BCUT2D eigenvalue weighted by atomic mass is 10.1. The van der Waals surface area contributed by atoms with E-state index in [0.717, 1.165) is 41.4 Å². The number of fused-ring (bicyclic) bond motifs is 1. The van der Waals surface area contributed by atoms with Crippen molar-refractivity contribution in [2.75, 3.05) is 41.8 Å². The Morgan fingerprint density at radius 3 is 2.56 bits per heavy atom. The summed E-state index contributed by atoms with van der Waals surface area (Å²) in [5.74, 6) is 2.10. The van der Waals surface area contributed by atoms with E-state index in [4.69, 9.17) is 9.72 Å². The number of urea groups is 1. The number of pyridine rings is 1. The highest BCUT2D eigenvalue weighted by molar-refractivity contribution is 5.99. The van der Waals surface area contributed by atoms with Crippen molar-refractivity contribution >= 4 is 29.1 Å². The van der Waals surface area contributed by atoms with Gasteiger partial charge in [0.2, 0.25) is 5.78 Å². The van der Waals surface area contributed by atoms with Crippen LogP contribution in [-0.4, -0.2) is 61.9 Å². The molecule has 180 valence electrons. The summed E-state index contributed by atoms with van der Waals surface area (Å²) >= 11 is 0. The van der Waals surface area contributed by atoms with Crippen LogP contribution in [0.5, 0.6) is 0 Å². The van der Waals surface area contributed by atoms with E-state index in [-0.39, 0.29) is 6.03 Å². The van der Waals surface area contributed by atoms with Crippen LogP contribution in [0.2, 0.25) is 0 Å². The first-order chi connectivity index (χ1) is 17.7. The van der Waals surface area contributed by atoms with Crippen LogP contribution in [0, 0.1) is 0 Å². The molecule has 2 amide bonds. The summed E-state index contributed by atoms with van der Waals surface area (Å²) in [5.41, 5.74) is 4.10. The van der Waals surface area contributed by atoms with Crippen LogP contribution in [0.3, 0.4) is 0 Å². The fourth-order valence-corrected chi connectivity index (χ4v) is 4.14. The van der Waals surface area contributed by atoms with Gasteiger partial charge in [-0.25, -0.2) is 14.8 Å². The fourth-order valence-electron chi connectivity index (χ4n) is 4.14. The molecule has 0 unspecified atom stereocenters. The van der Waals surface area contributed by atoms with Gasteiger partial charge in [0.05, 0.1) is 24.6 Å². The van der Waals surface area contributed by atoms with E-state index >= 15 is 0 Å². The number of amides is 2. The number of H-pyrrole nitrogens is 1. The van der Waals surface area contributed by atoms with Crippen LogP contribution in [0.1, 0.15) is 0 Å². The second-order valence-electron chi connectivity index (χ2n) is 8.26. The Labute approximate surface area is 206 Å². The number of anilines is 3. The zero-order chi connectivity index (χ0) is 24.3. The number of aromatic amines is 1. The highest BCUT2D eigenvalue weighted by Crippen LogP contribution is 2.25. The number of hydrogen-bond acceptors (Lipinski definition) is 7. The summed E-state index contributed by atoms with van der Waals surface area (Å²) in [5, 5.41) is 12.6. The number of nitrogens with zero attached hydrogens (tertiary/aromatic N) is 6. The molecule has 0 aliphatic carbocycles. The fraction of sp³-hybridized carbons (Fsp3) is 0.160. The number of benzene rings is 1. The molecule has 0 atom stereocenters. The minimum atomic E-state index is -0.386. The van der Waals surface area contributed by atoms with Gasteiger partial charge in [-0.3, -0.25) is 19.8 Å². The normalized spacial score (nSPS) is 13.6. The number of hydrogen-bond donors (Lipinski definition) is 3. The van der Waals surface area contributed by atoms with Gasteiger partial charge in [-0.1, -0.05) is 12.1 Å². The highest BCUT2D eigenvalue weighted by Gasteiger charge is 2.16. The quantitative estimate of drug-likeness (QED) is 0.350. The molecule has 0 bridgehead atoms. The Bertz CT molecular complexity index is 1490. The number of imidazole rings is 1. The van der Waals surface area contributed by atoms with Crippen molar-refractivity contribution in [2.45, 2.75) is 0 Å². The molecular weight excluding hydrogens is 458 g/mol. The predicted molar refractivity (Wildman–Crippen MR) is 136 cm³/mol. The Balaban J connectivity index is 1.14. The van der Waals surface area contributed by atoms with Gasteiger partial charge < -0.3 is 15.0 Å². The summed E-state index contributed by atoms with van der Waals surface area (Å²) in [7, 11) is 0. The van der Waals surface area contributed by atoms with Crippen molar-refractivity contribution in [3.63, 3.8) is 0 Å². The first kappa shape index (κ1) is 21.7. The lowest BCUT2D eigenvalue weighted by Gasteiger charge is -2.28. The van der Waals surface area contributed by atoms with Crippen LogP contribution in [-0.2, 0) is 4.74 Å². The van der Waals surface area contributed by atoms with Crippen molar-refractivity contribution in [2.24, 2.45) is 0 Å². The summed E-state index contributed by atoms with van der Waals surface area (Å²) in [4.78, 5) is 27.8. The predicted octanol–water partition coefficient (Wildman–Crippen LogP) is 3.66. The molecule has 1 aliphatic heterocycles. The topological polar surface area (TPSA) is 125 Å². The number of aromatic nitrogens is 6. The van der Waals surface area contributed by atoms with Crippen molar-refractivity contribution in [3.8, 4) is 22.5 Å². The van der Waals surface area contributed by atoms with E-state index in [1.54, 1.807) is 24.7 Å². The molecule has 1 fully saturated rings. The first-order valence-electron chi connectivity index (χ1n) is 11.5. The molecule has 6 rings (SSSR count). The Hall–Kier alpha value is -4.77. The molecule has 0 saturated carbocycles. The molecule has 3 N–H and O–H groups in total. The van der Waals surface area contributed by atoms with Crippen LogP contribution in [0.25, 0.3) is 28.3 Å². The molecule has 5 heterocycles. The number of carbonyl (C=O) groups excluding carboxylic acids is 1. The SMILES string of the molecule is O=C(Nc1ccc(-c2cn3c(N4CCOCC4)ccnc3n2)cc1)Nc1cc(-c2ccncc2)[nH]n1. The first-order valence-corrected chi connectivity index (χ1v) is 11.5. The molecule has 11 nitrogen and oxygen atoms in total. The van der Waals surface area contributed by atoms with Gasteiger partial charge in [-0.05, 0) is 30.3 Å². The third-order valence-electron chi connectivity index (χ3n) is 5.93. The van der Waals surface area contributed by atoms with Crippen LogP contribution in [0.4, 0.5) is 22.1 Å². The summed E-state index contributed by atoms with van der Waals surface area (Å²) < 4.78 is 7.48. The van der Waals surface area contributed by atoms with Gasteiger partial charge in [0.15, 0.2) is 5.82 Å². The van der Waals surface area contributed by atoms with E-state index in [9.17, 15) is 4.79 Å². The number of nitrogens with one attached hydrogen (secondary N) is 3. The third-order valence-corrected chi connectivity index (χ3v) is 5.93. The zero-order valence-electron chi connectivity index (χ0n) is 19.3. The second-order valence-corrected chi connectivity index (χ2v) is 8.26. The van der Waals surface area contributed by atoms with Gasteiger partial charge in [-0.2, -0.15) is 5.10 Å². The Morgan fingerprint density at radius 1 is 0.944 bits per heavy atom. The van der Waals surface area contributed by atoms with E-state index in [1.807, 2.05) is 53.1 Å². The number of ether oxygens (including phenoxy) is 1. The van der Waals surface area contributed by atoms with Crippen molar-refractivity contribution in [1.82, 2.24) is 29.5 Å². The average Bonchev–Trinajstić information content (AvgIpc) is 3.57. The molecule has 0 spiro atoms. The summed E-state index contributed by atoms with van der Waals surface area (Å²) in [6, 6.07) is 14.6. The lowest BCUT2D eigenvalue weighted by Crippen LogP contribution is -2.37. The van der Waals surface area contributed by atoms with E-state index < -0.39 is 0 Å². The standard InChI is InChI=1S/C25H23N9O2/c35-25(30-22-15-20(31-32-22)18-5-8-26-9-6-18)28-19-3-1-17(2-4-19)21-16-34-23(7-10-27-24(34)29-21)33-11-13-36-14-12-33/h1-10,15-16H,11-14H2,(H3,28,30,31,32,35). The molecule has 1 aromatic carbocycles. The second kappa shape index (κ2) is 9.47. The summed E-state index contributed by atoms with van der Waals surface area (Å²) in [6.45, 7) is 3.08. The molecular formula is C25H23N9O2. The van der Waals surface area contributed by atoms with Crippen molar-refractivity contribution in [3.05, 3.63) is 73.3 Å². The Morgan fingerprint density at radius 2 is 1.75 bits per heavy atom. The smallest absolute Gasteiger partial charge is 0.324 e. The maximum absolute atomic E-state index is 12.5. The van der Waals surface area contributed by atoms with Crippen LogP contribution >= 0.6 is 0 Å². The molecule has 0 radical (unpaired) electrons.